The lowest BCUT2D eigenvalue weighted by Crippen LogP contribution is -2.43. The maximum atomic E-state index is 12.7. The lowest BCUT2D eigenvalue weighted by Gasteiger charge is -2.11. The van der Waals surface area contributed by atoms with Crippen molar-refractivity contribution in [2.75, 3.05) is 0 Å². The quantitative estimate of drug-likeness (QED) is 0.724. The molecule has 0 radical (unpaired) electrons. The third-order valence-corrected chi connectivity index (χ3v) is 4.68. The van der Waals surface area contributed by atoms with Crippen LogP contribution in [0.2, 0.25) is 5.02 Å². The van der Waals surface area contributed by atoms with Gasteiger partial charge in [0.05, 0.1) is 0 Å². The highest BCUT2D eigenvalue weighted by Gasteiger charge is 2.24. The lowest BCUT2D eigenvalue weighted by atomic mass is 10.2. The largest absolute Gasteiger partial charge is 0.352 e. The second-order valence-corrected chi connectivity index (χ2v) is 6.95. The lowest BCUT2D eigenvalue weighted by molar-refractivity contribution is -0.121. The highest BCUT2D eigenvalue weighted by atomic mass is 35.5. The average Bonchev–Trinajstić information content (AvgIpc) is 3.47. The number of hydrogen-bond acceptors (Lipinski definition) is 5. The van der Waals surface area contributed by atoms with Crippen molar-refractivity contribution >= 4 is 28.5 Å². The van der Waals surface area contributed by atoms with Crippen LogP contribution in [0.4, 0.5) is 0 Å². The molecule has 1 N–H and O–H groups in total. The van der Waals surface area contributed by atoms with E-state index < -0.39 is 11.2 Å². The highest BCUT2D eigenvalue weighted by Crippen LogP contribution is 2.19. The van der Waals surface area contributed by atoms with Crippen LogP contribution in [0.15, 0.2) is 40.1 Å². The molecule has 8 nitrogen and oxygen atoms in total. The predicted molar refractivity (Wildman–Crippen MR) is 101 cm³/mol. The van der Waals surface area contributed by atoms with Crippen LogP contribution in [0.5, 0.6) is 0 Å². The molecule has 2 aromatic heterocycles. The molecule has 0 unspecified atom stereocenters. The number of nitrogens with one attached hydrogen (secondary N) is 1. The molecule has 9 heteroatoms. The molecule has 27 heavy (non-hydrogen) atoms. The van der Waals surface area contributed by atoms with E-state index in [1.807, 2.05) is 0 Å². The summed E-state index contributed by atoms with van der Waals surface area (Å²) in [4.78, 5) is 45.9. The van der Waals surface area contributed by atoms with E-state index in [1.54, 1.807) is 24.3 Å². The van der Waals surface area contributed by atoms with Gasteiger partial charge in [-0.05, 0) is 37.1 Å². The summed E-state index contributed by atoms with van der Waals surface area (Å²) >= 11 is 5.89. The molecule has 0 spiro atoms. The Bertz CT molecular complexity index is 1160. The van der Waals surface area contributed by atoms with Crippen molar-refractivity contribution < 1.29 is 4.79 Å². The number of nitrogens with zero attached hydrogens (tertiary/aromatic N) is 4. The second-order valence-electron chi connectivity index (χ2n) is 6.51. The fourth-order valence-corrected chi connectivity index (χ4v) is 2.93. The minimum atomic E-state index is -0.598. The van der Waals surface area contributed by atoms with Gasteiger partial charge in [-0.2, -0.15) is 0 Å². The maximum Gasteiger partial charge on any atom is 0.332 e. The maximum absolute atomic E-state index is 12.7. The Morgan fingerprint density at radius 2 is 1.96 bits per heavy atom. The summed E-state index contributed by atoms with van der Waals surface area (Å²) < 4.78 is 2.16. The van der Waals surface area contributed by atoms with Crippen LogP contribution < -0.4 is 16.6 Å². The van der Waals surface area contributed by atoms with Crippen LogP contribution in [0.1, 0.15) is 12.8 Å². The molecular weight excluding hydrogens is 370 g/mol. The normalized spacial score (nSPS) is 13.7. The average molecular weight is 386 g/mol. The van der Waals surface area contributed by atoms with Gasteiger partial charge in [0.25, 0.3) is 5.56 Å². The monoisotopic (exact) mass is 385 g/mol. The number of fused-ring (bicyclic) bond motifs is 1. The van der Waals surface area contributed by atoms with Crippen LogP contribution in [-0.2, 0) is 18.4 Å². The number of aryl methyl sites for hydroxylation is 1. The van der Waals surface area contributed by atoms with E-state index in [4.69, 9.17) is 11.6 Å². The van der Waals surface area contributed by atoms with Gasteiger partial charge < -0.3 is 5.32 Å². The third kappa shape index (κ3) is 3.35. The van der Waals surface area contributed by atoms with E-state index in [0.717, 1.165) is 17.4 Å². The molecule has 138 valence electrons. The number of rotatable bonds is 4. The highest BCUT2D eigenvalue weighted by molar-refractivity contribution is 6.30. The van der Waals surface area contributed by atoms with Gasteiger partial charge in [0.1, 0.15) is 11.9 Å². The number of carbonyl (C=O) groups excluding carboxylic acids is 1. The first-order valence-corrected chi connectivity index (χ1v) is 8.83. The molecule has 1 aliphatic rings. The fourth-order valence-electron chi connectivity index (χ4n) is 2.81. The molecule has 1 fully saturated rings. The Morgan fingerprint density at radius 1 is 1.26 bits per heavy atom. The third-order valence-electron chi connectivity index (χ3n) is 4.43. The SMILES string of the molecule is Cn1c(=O)n(CC(=O)NC2CC2)c(=O)c2cnc(-c3ccc(Cl)cc3)nc21. The van der Waals surface area contributed by atoms with Crippen LogP contribution in [0.3, 0.4) is 0 Å². The Morgan fingerprint density at radius 3 is 2.63 bits per heavy atom. The van der Waals surface area contributed by atoms with Gasteiger partial charge in [0.15, 0.2) is 11.5 Å². The van der Waals surface area contributed by atoms with E-state index in [2.05, 4.69) is 15.3 Å². The van der Waals surface area contributed by atoms with E-state index in [1.165, 1.54) is 17.8 Å². The fraction of sp³-hybridized carbons (Fsp3) is 0.278. The molecule has 1 saturated carbocycles. The summed E-state index contributed by atoms with van der Waals surface area (Å²) in [5.41, 5.74) is -0.258. The topological polar surface area (TPSA) is 98.9 Å². The molecule has 4 rings (SSSR count). The molecule has 2 heterocycles. The van der Waals surface area contributed by atoms with Crippen molar-refractivity contribution in [2.45, 2.75) is 25.4 Å². The molecule has 1 aromatic carbocycles. The molecule has 0 atom stereocenters. The summed E-state index contributed by atoms with van der Waals surface area (Å²) in [5, 5.41) is 3.53. The predicted octanol–water partition coefficient (Wildman–Crippen LogP) is 1.09. The van der Waals surface area contributed by atoms with Gasteiger partial charge in [0.2, 0.25) is 5.91 Å². The molecule has 0 bridgehead atoms. The minimum absolute atomic E-state index is 0.155. The zero-order valence-corrected chi connectivity index (χ0v) is 15.2. The Kier molecular flexibility index (Phi) is 4.27. The van der Waals surface area contributed by atoms with Gasteiger partial charge in [0, 0.05) is 29.9 Å². The van der Waals surface area contributed by atoms with Crippen molar-refractivity contribution in [3.63, 3.8) is 0 Å². The van der Waals surface area contributed by atoms with E-state index in [9.17, 15) is 14.4 Å². The Hall–Kier alpha value is -3.00. The number of amides is 1. The Balaban J connectivity index is 1.79. The summed E-state index contributed by atoms with van der Waals surface area (Å²) in [7, 11) is 1.51. The summed E-state index contributed by atoms with van der Waals surface area (Å²) in [6.45, 7) is -0.323. The van der Waals surface area contributed by atoms with E-state index in [-0.39, 0.29) is 29.5 Å². The van der Waals surface area contributed by atoms with Gasteiger partial charge in [-0.25, -0.2) is 14.8 Å². The molecule has 1 amide bonds. The molecular formula is C18H16ClN5O3. The first kappa shape index (κ1) is 17.4. The van der Waals surface area contributed by atoms with Crippen LogP contribution in [0.25, 0.3) is 22.4 Å². The number of aromatic nitrogens is 4. The zero-order valence-electron chi connectivity index (χ0n) is 14.5. The first-order valence-electron chi connectivity index (χ1n) is 8.46. The first-order chi connectivity index (χ1) is 12.9. The minimum Gasteiger partial charge on any atom is -0.352 e. The van der Waals surface area contributed by atoms with E-state index in [0.29, 0.717) is 16.4 Å². The van der Waals surface area contributed by atoms with Gasteiger partial charge in [-0.15, -0.1) is 0 Å². The van der Waals surface area contributed by atoms with Gasteiger partial charge in [-0.3, -0.25) is 18.7 Å². The number of benzene rings is 1. The molecule has 0 saturated heterocycles. The van der Waals surface area contributed by atoms with Crippen molar-refractivity contribution in [3.05, 3.63) is 56.3 Å². The van der Waals surface area contributed by atoms with Gasteiger partial charge >= 0.3 is 5.69 Å². The summed E-state index contributed by atoms with van der Waals surface area (Å²) in [6.07, 6.45) is 3.23. The van der Waals surface area contributed by atoms with Crippen LogP contribution >= 0.6 is 11.6 Å². The second kappa shape index (κ2) is 6.62. The molecule has 0 aliphatic heterocycles. The standard InChI is InChI=1S/C18H16ClN5O3/c1-23-16-13(8-20-15(22-16)10-2-4-11(19)5-3-10)17(26)24(18(23)27)9-14(25)21-12-6-7-12/h2-5,8,12H,6-7,9H2,1H3,(H,21,25). The smallest absolute Gasteiger partial charge is 0.332 e. The molecule has 3 aromatic rings. The number of hydrogen-bond donors (Lipinski definition) is 1. The van der Waals surface area contributed by atoms with Crippen LogP contribution in [-0.4, -0.2) is 31.1 Å². The summed E-state index contributed by atoms with van der Waals surface area (Å²) in [5.74, 6) is 0.0209. The van der Waals surface area contributed by atoms with Crippen molar-refractivity contribution in [3.8, 4) is 11.4 Å². The number of halogens is 1. The van der Waals surface area contributed by atoms with Crippen molar-refractivity contribution in [1.82, 2.24) is 24.4 Å². The van der Waals surface area contributed by atoms with Crippen molar-refractivity contribution in [2.24, 2.45) is 7.05 Å². The number of carbonyl (C=O) groups is 1. The van der Waals surface area contributed by atoms with Crippen molar-refractivity contribution in [1.29, 1.82) is 0 Å². The van der Waals surface area contributed by atoms with Gasteiger partial charge in [-0.1, -0.05) is 11.6 Å². The molecule has 1 aliphatic carbocycles. The Labute approximate surface area is 158 Å². The summed E-state index contributed by atoms with van der Waals surface area (Å²) in [6, 6.07) is 7.08. The van der Waals surface area contributed by atoms with E-state index >= 15 is 0 Å². The zero-order chi connectivity index (χ0) is 19.1. The van der Waals surface area contributed by atoms with Crippen LogP contribution in [0, 0.1) is 0 Å².